The summed E-state index contributed by atoms with van der Waals surface area (Å²) >= 11 is 0. The fraction of sp³-hybridized carbons (Fsp3) is 0. The molecule has 314 valence electrons. The summed E-state index contributed by atoms with van der Waals surface area (Å²) in [6, 6.07) is 91.9. The molecule has 0 radical (unpaired) electrons. The van der Waals surface area contributed by atoms with E-state index >= 15 is 0 Å². The number of hydrogen-bond donors (Lipinski definition) is 0. The maximum Gasteiger partial charge on any atom is 0.143 e. The van der Waals surface area contributed by atoms with Crippen molar-refractivity contribution in [3.8, 4) is 50.2 Å². The van der Waals surface area contributed by atoms with Crippen LogP contribution in [0.15, 0.2) is 259 Å². The van der Waals surface area contributed by atoms with Crippen LogP contribution >= 0.6 is 0 Å². The average molecular weight is 855 g/mol. The minimum atomic E-state index is 0.912. The molecule has 0 aliphatic rings. The summed E-state index contributed by atoms with van der Waals surface area (Å²) in [5, 5.41) is 7.22. The van der Waals surface area contributed by atoms with Gasteiger partial charge in [0.25, 0.3) is 0 Å². The first-order chi connectivity index (χ1) is 33.2. The predicted octanol–water partition coefficient (Wildman–Crippen LogP) is 18.0. The Morgan fingerprint density at radius 1 is 0.299 bits per heavy atom. The molecule has 13 rings (SSSR count). The quantitative estimate of drug-likeness (QED) is 0.152. The van der Waals surface area contributed by atoms with Gasteiger partial charge in [0.2, 0.25) is 0 Å². The molecule has 0 aliphatic heterocycles. The van der Waals surface area contributed by atoms with Crippen molar-refractivity contribution in [2.45, 2.75) is 0 Å². The van der Waals surface area contributed by atoms with Crippen molar-refractivity contribution in [2.24, 2.45) is 0 Å². The fourth-order valence-electron chi connectivity index (χ4n) is 10.1. The Bertz CT molecular complexity index is 3920. The smallest absolute Gasteiger partial charge is 0.143 e. The van der Waals surface area contributed by atoms with Crippen LogP contribution in [0.3, 0.4) is 0 Å². The highest BCUT2D eigenvalue weighted by molar-refractivity contribution is 6.11. The van der Waals surface area contributed by atoms with E-state index in [0.29, 0.717) is 0 Å². The third-order valence-electron chi connectivity index (χ3n) is 13.4. The summed E-state index contributed by atoms with van der Waals surface area (Å²) in [5.74, 6) is 0. The molecule has 0 unspecified atom stereocenters. The number of fused-ring (bicyclic) bond motifs is 7. The summed E-state index contributed by atoms with van der Waals surface area (Å²) in [5.41, 5.74) is 17.9. The Morgan fingerprint density at radius 2 is 0.806 bits per heavy atom. The highest BCUT2D eigenvalue weighted by Gasteiger charge is 2.18. The Balaban J connectivity index is 0.833. The number of anilines is 3. The normalized spacial score (nSPS) is 11.6. The first-order valence-electron chi connectivity index (χ1n) is 22.9. The number of benzene rings is 11. The van der Waals surface area contributed by atoms with E-state index in [4.69, 9.17) is 4.42 Å². The molecule has 0 saturated carbocycles. The van der Waals surface area contributed by atoms with Gasteiger partial charge in [0, 0.05) is 49.7 Å². The van der Waals surface area contributed by atoms with E-state index in [1.807, 2.05) is 12.1 Å². The minimum absolute atomic E-state index is 0.912. The lowest BCUT2D eigenvalue weighted by atomic mass is 9.97. The fourth-order valence-corrected chi connectivity index (χ4v) is 10.1. The summed E-state index contributed by atoms with van der Waals surface area (Å²) in [6.45, 7) is 0. The highest BCUT2D eigenvalue weighted by Crippen LogP contribution is 2.41. The van der Waals surface area contributed by atoms with E-state index in [1.54, 1.807) is 0 Å². The van der Waals surface area contributed by atoms with E-state index in [-0.39, 0.29) is 0 Å². The van der Waals surface area contributed by atoms with Crippen molar-refractivity contribution in [1.29, 1.82) is 0 Å². The topological polar surface area (TPSA) is 21.3 Å². The average Bonchev–Trinajstić information content (AvgIpc) is 3.95. The monoisotopic (exact) mass is 854 g/mol. The molecule has 0 saturated heterocycles. The lowest BCUT2D eigenvalue weighted by Gasteiger charge is -2.26. The number of aromatic nitrogens is 1. The summed E-state index contributed by atoms with van der Waals surface area (Å²) < 4.78 is 8.78. The van der Waals surface area contributed by atoms with E-state index in [0.717, 1.165) is 66.8 Å². The van der Waals surface area contributed by atoms with Crippen molar-refractivity contribution in [2.75, 3.05) is 4.90 Å². The molecule has 0 spiro atoms. The van der Waals surface area contributed by atoms with Crippen LogP contribution in [0.2, 0.25) is 0 Å². The first kappa shape index (κ1) is 38.5. The highest BCUT2D eigenvalue weighted by atomic mass is 16.3. The predicted molar refractivity (Wildman–Crippen MR) is 282 cm³/mol. The van der Waals surface area contributed by atoms with Crippen molar-refractivity contribution >= 4 is 71.6 Å². The van der Waals surface area contributed by atoms with Gasteiger partial charge in [-0.2, -0.15) is 0 Å². The third kappa shape index (κ3) is 6.67. The van der Waals surface area contributed by atoms with Crippen molar-refractivity contribution in [1.82, 2.24) is 4.57 Å². The van der Waals surface area contributed by atoms with Gasteiger partial charge in [-0.15, -0.1) is 0 Å². The number of rotatable bonds is 8. The molecule has 11 aromatic carbocycles. The van der Waals surface area contributed by atoms with E-state index in [1.165, 1.54) is 55.0 Å². The molecule has 3 nitrogen and oxygen atoms in total. The van der Waals surface area contributed by atoms with Crippen molar-refractivity contribution in [3.05, 3.63) is 255 Å². The van der Waals surface area contributed by atoms with Crippen LogP contribution in [0.25, 0.3) is 105 Å². The zero-order valence-corrected chi connectivity index (χ0v) is 36.6. The summed E-state index contributed by atoms with van der Waals surface area (Å²) in [7, 11) is 0. The molecule has 0 atom stereocenters. The molecule has 0 bridgehead atoms. The molecule has 2 aromatic heterocycles. The molecule has 0 N–H and O–H groups in total. The number of para-hydroxylation sites is 5. The lowest BCUT2D eigenvalue weighted by Crippen LogP contribution is -2.09. The molecule has 3 heteroatoms. The van der Waals surface area contributed by atoms with Gasteiger partial charge in [-0.1, -0.05) is 188 Å². The maximum atomic E-state index is 6.37. The number of nitrogens with zero attached hydrogens (tertiary/aromatic N) is 2. The Kier molecular flexibility index (Phi) is 9.17. The second kappa shape index (κ2) is 16.0. The molecular formula is C64H42N2O. The molecule has 2 heterocycles. The van der Waals surface area contributed by atoms with Crippen LogP contribution in [-0.4, -0.2) is 4.57 Å². The van der Waals surface area contributed by atoms with E-state index in [9.17, 15) is 0 Å². The van der Waals surface area contributed by atoms with Gasteiger partial charge in [0.1, 0.15) is 11.2 Å². The van der Waals surface area contributed by atoms with Crippen LogP contribution in [0.1, 0.15) is 0 Å². The van der Waals surface area contributed by atoms with Crippen LogP contribution < -0.4 is 4.90 Å². The van der Waals surface area contributed by atoms with Gasteiger partial charge in [-0.3, -0.25) is 0 Å². The molecule has 13 aromatic rings. The van der Waals surface area contributed by atoms with Crippen LogP contribution in [0.4, 0.5) is 17.1 Å². The first-order valence-corrected chi connectivity index (χ1v) is 22.9. The second-order valence-corrected chi connectivity index (χ2v) is 17.3. The van der Waals surface area contributed by atoms with Crippen molar-refractivity contribution < 1.29 is 4.42 Å². The Labute approximate surface area is 388 Å². The van der Waals surface area contributed by atoms with Gasteiger partial charge in [-0.05, 0) is 111 Å². The zero-order chi connectivity index (χ0) is 44.3. The number of furan rings is 1. The van der Waals surface area contributed by atoms with Crippen LogP contribution in [0, 0.1) is 0 Å². The lowest BCUT2D eigenvalue weighted by molar-refractivity contribution is 0.670. The summed E-state index contributed by atoms with van der Waals surface area (Å²) in [4.78, 5) is 2.36. The van der Waals surface area contributed by atoms with Crippen LogP contribution in [0.5, 0.6) is 0 Å². The summed E-state index contributed by atoms with van der Waals surface area (Å²) in [6.07, 6.45) is 0. The van der Waals surface area contributed by atoms with Gasteiger partial charge in [0.05, 0.1) is 16.7 Å². The minimum Gasteiger partial charge on any atom is -0.455 e. The van der Waals surface area contributed by atoms with Crippen molar-refractivity contribution in [3.63, 3.8) is 0 Å². The maximum absolute atomic E-state index is 6.37. The van der Waals surface area contributed by atoms with Gasteiger partial charge in [0.15, 0.2) is 0 Å². The second-order valence-electron chi connectivity index (χ2n) is 17.3. The zero-order valence-electron chi connectivity index (χ0n) is 36.6. The standard InChI is InChI=1S/C64H42N2O/c1-2-14-49-42-53(40-35-43(49)13-1)65(51-36-31-45(32-37-51)44-27-29-47(30-28-44)55-21-12-22-59-58-20-6-10-26-63(58)67-64(55)59)52-38-33-46(34-39-52)48-15-11-16-50(41-48)54-17-3-7-23-60(54)66-61-24-8-4-18-56(61)57-19-5-9-25-62(57)66/h1-42H. The molecule has 0 fully saturated rings. The molecule has 0 amide bonds. The SMILES string of the molecule is c1cc(-c2ccc(N(c3ccc(-c4ccc(-c5cccc6c5oc5ccccc56)cc4)cc3)c3ccc4ccccc4c3)cc2)cc(-c2ccccc2-n2c3ccccc3c3ccccc32)c1. The van der Waals surface area contributed by atoms with Crippen LogP contribution in [-0.2, 0) is 0 Å². The van der Waals surface area contributed by atoms with Gasteiger partial charge < -0.3 is 13.9 Å². The Morgan fingerprint density at radius 3 is 1.54 bits per heavy atom. The Hall–Kier alpha value is -8.92. The third-order valence-corrected chi connectivity index (χ3v) is 13.4. The van der Waals surface area contributed by atoms with Gasteiger partial charge >= 0.3 is 0 Å². The van der Waals surface area contributed by atoms with E-state index in [2.05, 4.69) is 252 Å². The number of hydrogen-bond acceptors (Lipinski definition) is 2. The largest absolute Gasteiger partial charge is 0.455 e. The molecule has 0 aliphatic carbocycles. The van der Waals surface area contributed by atoms with E-state index < -0.39 is 0 Å². The van der Waals surface area contributed by atoms with Gasteiger partial charge in [-0.25, -0.2) is 0 Å². The molecular weight excluding hydrogens is 813 g/mol. The molecule has 67 heavy (non-hydrogen) atoms.